The maximum Gasteiger partial charge on any atom is -0.000455 e. The van der Waals surface area contributed by atoms with E-state index in [9.17, 15) is 0 Å². The minimum Gasteiger partial charge on any atom is -0.0770 e. The summed E-state index contributed by atoms with van der Waals surface area (Å²) >= 11 is 0. The molecule has 3 aromatic rings. The summed E-state index contributed by atoms with van der Waals surface area (Å²) in [5, 5.41) is 5.70. The molecule has 3 aromatic carbocycles. The Morgan fingerprint density at radius 1 is 0.625 bits per heavy atom. The lowest BCUT2D eigenvalue weighted by Gasteiger charge is -2.20. The van der Waals surface area contributed by atoms with E-state index in [1.54, 1.807) is 11.1 Å². The second-order valence-electron chi connectivity index (χ2n) is 6.82. The molecule has 0 heterocycles. The minimum atomic E-state index is 1.05. The first-order chi connectivity index (χ1) is 11.9. The average molecular weight is 308 g/mol. The van der Waals surface area contributed by atoms with Crippen molar-refractivity contribution in [3.8, 4) is 0 Å². The lowest BCUT2D eigenvalue weighted by atomic mass is 9.84. The first kappa shape index (κ1) is 13.8. The second kappa shape index (κ2) is 5.49. The Morgan fingerprint density at radius 2 is 1.42 bits per heavy atom. The molecular weight excluding hydrogens is 288 g/mol. The predicted molar refractivity (Wildman–Crippen MR) is 99.9 cm³/mol. The highest BCUT2D eigenvalue weighted by Gasteiger charge is 2.16. The summed E-state index contributed by atoms with van der Waals surface area (Å²) in [5.41, 5.74) is 5.97. The van der Waals surface area contributed by atoms with Gasteiger partial charge in [0.15, 0.2) is 0 Å². The van der Waals surface area contributed by atoms with Crippen molar-refractivity contribution in [2.75, 3.05) is 0 Å². The third-order valence-corrected chi connectivity index (χ3v) is 5.48. The predicted octanol–water partition coefficient (Wildman–Crippen LogP) is 3.85. The van der Waals surface area contributed by atoms with Gasteiger partial charge >= 0.3 is 0 Å². The van der Waals surface area contributed by atoms with Gasteiger partial charge in [0.25, 0.3) is 0 Å². The Morgan fingerprint density at radius 3 is 2.29 bits per heavy atom. The molecule has 0 spiro atoms. The molecule has 0 aromatic heterocycles. The van der Waals surface area contributed by atoms with Crippen molar-refractivity contribution < 1.29 is 0 Å². The first-order valence-corrected chi connectivity index (χ1v) is 8.91. The number of hydrogen-bond acceptors (Lipinski definition) is 0. The van der Waals surface area contributed by atoms with Crippen LogP contribution in [0.3, 0.4) is 0 Å². The Bertz CT molecular complexity index is 1130. The van der Waals surface area contributed by atoms with E-state index >= 15 is 0 Å². The number of fused-ring (bicyclic) bond motifs is 4. The molecule has 0 N–H and O–H groups in total. The van der Waals surface area contributed by atoms with Crippen LogP contribution in [0, 0.1) is 10.4 Å². The molecule has 24 heavy (non-hydrogen) atoms. The van der Waals surface area contributed by atoms with Gasteiger partial charge in [-0.15, -0.1) is 0 Å². The Kier molecular flexibility index (Phi) is 3.16. The van der Waals surface area contributed by atoms with Crippen molar-refractivity contribution >= 4 is 11.6 Å². The van der Waals surface area contributed by atoms with Gasteiger partial charge in [0.05, 0.1) is 0 Å². The Labute approximate surface area is 142 Å². The molecule has 2 aliphatic rings. The third-order valence-electron chi connectivity index (χ3n) is 5.48. The fourth-order valence-corrected chi connectivity index (χ4v) is 4.34. The summed E-state index contributed by atoms with van der Waals surface area (Å²) in [7, 11) is 0. The standard InChI is InChI=1S/C24H20/c1-2-8-17(9-3-1)23-16-24-19-11-5-4-10-18(19)14-15-22(24)20-12-6-7-13-21(20)23/h1-3,6-10,12-15H,4-5,11,16H2. The zero-order valence-corrected chi connectivity index (χ0v) is 13.8. The van der Waals surface area contributed by atoms with Crippen molar-refractivity contribution in [1.82, 2.24) is 0 Å². The summed E-state index contributed by atoms with van der Waals surface area (Å²) in [5.74, 6) is 0. The van der Waals surface area contributed by atoms with Gasteiger partial charge in [0.1, 0.15) is 0 Å². The maximum absolute atomic E-state index is 2.42. The van der Waals surface area contributed by atoms with Gasteiger partial charge < -0.3 is 0 Å². The molecule has 0 saturated carbocycles. The van der Waals surface area contributed by atoms with E-state index in [1.165, 1.54) is 51.3 Å². The fourth-order valence-electron chi connectivity index (χ4n) is 4.34. The van der Waals surface area contributed by atoms with E-state index in [4.69, 9.17) is 0 Å². The minimum absolute atomic E-state index is 1.05. The van der Waals surface area contributed by atoms with Crippen LogP contribution in [0.15, 0.2) is 66.7 Å². The lowest BCUT2D eigenvalue weighted by Crippen LogP contribution is -2.22. The molecule has 2 aliphatic carbocycles. The van der Waals surface area contributed by atoms with Gasteiger partial charge in [-0.2, -0.15) is 0 Å². The van der Waals surface area contributed by atoms with Gasteiger partial charge in [-0.1, -0.05) is 72.8 Å². The van der Waals surface area contributed by atoms with E-state index in [-0.39, 0.29) is 0 Å². The van der Waals surface area contributed by atoms with E-state index in [0.29, 0.717) is 0 Å². The summed E-state index contributed by atoms with van der Waals surface area (Å²) < 4.78 is 0. The van der Waals surface area contributed by atoms with Gasteiger partial charge in [-0.25, -0.2) is 0 Å². The summed E-state index contributed by atoms with van der Waals surface area (Å²) in [6.45, 7) is 0. The number of benzene rings is 3. The fraction of sp³-hybridized carbons (Fsp3) is 0.167. The monoisotopic (exact) mass is 308 g/mol. The highest BCUT2D eigenvalue weighted by molar-refractivity contribution is 5.70. The van der Waals surface area contributed by atoms with Crippen molar-refractivity contribution in [2.45, 2.75) is 25.7 Å². The van der Waals surface area contributed by atoms with E-state index in [2.05, 4.69) is 72.8 Å². The summed E-state index contributed by atoms with van der Waals surface area (Å²) in [4.78, 5) is 0. The molecule has 5 rings (SSSR count). The molecule has 0 aliphatic heterocycles. The topological polar surface area (TPSA) is 0 Å². The summed E-state index contributed by atoms with van der Waals surface area (Å²) in [6.07, 6.45) is 7.19. The van der Waals surface area contributed by atoms with E-state index in [1.807, 2.05) is 0 Å². The Balaban J connectivity index is 1.95. The normalized spacial score (nSPS) is 15.1. The largest absolute Gasteiger partial charge is 0.0770 e. The highest BCUT2D eigenvalue weighted by Crippen LogP contribution is 2.24. The molecule has 0 bridgehead atoms. The van der Waals surface area contributed by atoms with Gasteiger partial charge in [0.2, 0.25) is 0 Å². The molecular formula is C24H20. The zero-order valence-electron chi connectivity index (χ0n) is 13.8. The van der Waals surface area contributed by atoms with Crippen LogP contribution in [0.25, 0.3) is 11.6 Å². The SMILES string of the molecule is C1=c2ccc3c(c2CCC1)CC(c1ccccc1)=c1ccccc1=3. The van der Waals surface area contributed by atoms with Crippen molar-refractivity contribution in [3.05, 3.63) is 104 Å². The van der Waals surface area contributed by atoms with Crippen molar-refractivity contribution in [3.63, 3.8) is 0 Å². The van der Waals surface area contributed by atoms with E-state index < -0.39 is 0 Å². The highest BCUT2D eigenvalue weighted by atomic mass is 14.2. The maximum atomic E-state index is 2.42. The second-order valence-corrected chi connectivity index (χ2v) is 6.82. The molecule has 0 radical (unpaired) electrons. The summed E-state index contributed by atoms with van der Waals surface area (Å²) in [6, 6.07) is 24.5. The lowest BCUT2D eigenvalue weighted by molar-refractivity contribution is 0.823. The van der Waals surface area contributed by atoms with Crippen LogP contribution in [0.4, 0.5) is 0 Å². The van der Waals surface area contributed by atoms with Crippen LogP contribution >= 0.6 is 0 Å². The van der Waals surface area contributed by atoms with Crippen LogP contribution in [-0.4, -0.2) is 0 Å². The van der Waals surface area contributed by atoms with Gasteiger partial charge in [-0.3, -0.25) is 0 Å². The quantitative estimate of drug-likeness (QED) is 0.640. The van der Waals surface area contributed by atoms with Crippen LogP contribution in [0.1, 0.15) is 29.5 Å². The average Bonchev–Trinajstić information content (AvgIpc) is 2.67. The van der Waals surface area contributed by atoms with E-state index in [0.717, 1.165) is 6.42 Å². The first-order valence-electron chi connectivity index (χ1n) is 8.91. The number of hydrogen-bond donors (Lipinski definition) is 0. The van der Waals surface area contributed by atoms with Crippen LogP contribution < -0.4 is 10.4 Å². The molecule has 0 heteroatoms. The molecule has 0 unspecified atom stereocenters. The van der Waals surface area contributed by atoms with Crippen molar-refractivity contribution in [1.29, 1.82) is 0 Å². The zero-order chi connectivity index (χ0) is 15.9. The number of rotatable bonds is 1. The van der Waals surface area contributed by atoms with Crippen LogP contribution in [0.5, 0.6) is 0 Å². The van der Waals surface area contributed by atoms with Crippen LogP contribution in [0.2, 0.25) is 0 Å². The molecule has 0 nitrogen and oxygen atoms in total. The molecule has 116 valence electrons. The molecule has 0 amide bonds. The molecule has 0 fully saturated rings. The van der Waals surface area contributed by atoms with Crippen molar-refractivity contribution in [2.24, 2.45) is 0 Å². The van der Waals surface area contributed by atoms with Gasteiger partial charge in [-0.05, 0) is 68.8 Å². The molecule has 0 saturated heterocycles. The molecule has 0 atom stereocenters. The third kappa shape index (κ3) is 2.06. The Hall–Kier alpha value is -2.60. The van der Waals surface area contributed by atoms with Gasteiger partial charge in [0, 0.05) is 0 Å². The van der Waals surface area contributed by atoms with Crippen LogP contribution in [-0.2, 0) is 12.8 Å². The smallest absolute Gasteiger partial charge is 0.000455 e.